The van der Waals surface area contributed by atoms with Gasteiger partial charge in [-0.3, -0.25) is 9.69 Å². The third-order valence-electron chi connectivity index (χ3n) is 2.01. The number of carbonyl (C=O) groups excluding carboxylic acids is 1. The molecule has 0 saturated carbocycles. The highest BCUT2D eigenvalue weighted by Gasteiger charge is 2.39. The number of halogens is 3. The number of esters is 1. The molecule has 0 radical (unpaired) electrons. The molecule has 0 aliphatic rings. The SMILES string of the molecule is CCCN(CC(=O)OCC)CC(O)C(F)(F)F. The minimum atomic E-state index is -4.67. The maximum atomic E-state index is 12.1. The second-order valence-electron chi connectivity index (χ2n) is 3.60. The largest absolute Gasteiger partial charge is 0.465 e. The molecule has 0 bridgehead atoms. The van der Waals surface area contributed by atoms with Gasteiger partial charge in [0.2, 0.25) is 0 Å². The molecule has 0 heterocycles. The van der Waals surface area contributed by atoms with Crippen LogP contribution in [0.25, 0.3) is 0 Å². The minimum Gasteiger partial charge on any atom is -0.465 e. The Morgan fingerprint density at radius 2 is 2.00 bits per heavy atom. The lowest BCUT2D eigenvalue weighted by molar-refractivity contribution is -0.208. The van der Waals surface area contributed by atoms with Crippen LogP contribution in [0, 0.1) is 0 Å². The first-order chi connectivity index (χ1) is 7.81. The number of aliphatic hydroxyl groups is 1. The van der Waals surface area contributed by atoms with Crippen molar-refractivity contribution in [2.45, 2.75) is 32.5 Å². The van der Waals surface area contributed by atoms with Crippen LogP contribution in [0.15, 0.2) is 0 Å². The second-order valence-corrected chi connectivity index (χ2v) is 3.60. The summed E-state index contributed by atoms with van der Waals surface area (Å²) >= 11 is 0. The van der Waals surface area contributed by atoms with Crippen molar-refractivity contribution in [2.24, 2.45) is 0 Å². The van der Waals surface area contributed by atoms with E-state index in [0.29, 0.717) is 13.0 Å². The zero-order valence-electron chi connectivity index (χ0n) is 9.96. The van der Waals surface area contributed by atoms with E-state index in [9.17, 15) is 18.0 Å². The van der Waals surface area contributed by atoms with Crippen molar-refractivity contribution in [2.75, 3.05) is 26.2 Å². The molecule has 1 unspecified atom stereocenters. The van der Waals surface area contributed by atoms with Gasteiger partial charge in [0.15, 0.2) is 6.10 Å². The summed E-state index contributed by atoms with van der Waals surface area (Å²) in [6.07, 6.45) is -6.52. The fourth-order valence-corrected chi connectivity index (χ4v) is 1.29. The van der Waals surface area contributed by atoms with Crippen LogP contribution in [0.5, 0.6) is 0 Å². The monoisotopic (exact) mass is 257 g/mol. The van der Waals surface area contributed by atoms with Crippen LogP contribution in [0.4, 0.5) is 13.2 Å². The zero-order chi connectivity index (χ0) is 13.5. The summed E-state index contributed by atoms with van der Waals surface area (Å²) in [5.74, 6) is -0.588. The Bertz CT molecular complexity index is 233. The number of nitrogens with zero attached hydrogens (tertiary/aromatic N) is 1. The van der Waals surface area contributed by atoms with Gasteiger partial charge in [0.05, 0.1) is 13.2 Å². The van der Waals surface area contributed by atoms with E-state index >= 15 is 0 Å². The van der Waals surface area contributed by atoms with Gasteiger partial charge in [0.1, 0.15) is 0 Å². The number of carbonyl (C=O) groups is 1. The molecule has 4 nitrogen and oxygen atoms in total. The first-order valence-corrected chi connectivity index (χ1v) is 5.44. The summed E-state index contributed by atoms with van der Waals surface area (Å²) in [5, 5.41) is 8.91. The van der Waals surface area contributed by atoms with Crippen molar-refractivity contribution in [1.29, 1.82) is 0 Å². The van der Waals surface area contributed by atoms with E-state index in [-0.39, 0.29) is 13.2 Å². The number of hydrogen-bond donors (Lipinski definition) is 1. The van der Waals surface area contributed by atoms with Crippen LogP contribution < -0.4 is 0 Å². The molecule has 0 aliphatic heterocycles. The molecule has 0 aromatic carbocycles. The Kier molecular flexibility index (Phi) is 7.13. The lowest BCUT2D eigenvalue weighted by atomic mass is 10.3. The van der Waals surface area contributed by atoms with Crippen molar-refractivity contribution in [3.05, 3.63) is 0 Å². The highest BCUT2D eigenvalue weighted by atomic mass is 19.4. The van der Waals surface area contributed by atoms with Crippen LogP contribution in [-0.2, 0) is 9.53 Å². The van der Waals surface area contributed by atoms with Gasteiger partial charge in [-0.1, -0.05) is 6.92 Å². The molecule has 0 rings (SSSR count). The van der Waals surface area contributed by atoms with E-state index in [4.69, 9.17) is 5.11 Å². The molecule has 0 spiro atoms. The molecule has 7 heteroatoms. The standard InChI is InChI=1S/C10H18F3NO3/c1-3-5-14(7-9(16)17-4-2)6-8(15)10(11,12)13/h8,15H,3-7H2,1-2H3. The second kappa shape index (κ2) is 7.50. The first kappa shape index (κ1) is 16.2. The Morgan fingerprint density at radius 1 is 1.41 bits per heavy atom. The van der Waals surface area contributed by atoms with Crippen LogP contribution in [-0.4, -0.2) is 54.5 Å². The van der Waals surface area contributed by atoms with E-state index in [0.717, 1.165) is 0 Å². The number of rotatable bonds is 7. The smallest absolute Gasteiger partial charge is 0.415 e. The lowest BCUT2D eigenvalue weighted by Crippen LogP contribution is -2.43. The van der Waals surface area contributed by atoms with Crippen LogP contribution in [0.3, 0.4) is 0 Å². The highest BCUT2D eigenvalue weighted by Crippen LogP contribution is 2.20. The molecular formula is C10H18F3NO3. The molecule has 0 aromatic heterocycles. The summed E-state index contributed by atoms with van der Waals surface area (Å²) in [7, 11) is 0. The zero-order valence-corrected chi connectivity index (χ0v) is 9.96. The fraction of sp³-hybridized carbons (Fsp3) is 0.900. The van der Waals surface area contributed by atoms with Gasteiger partial charge in [0.25, 0.3) is 0 Å². The lowest BCUT2D eigenvalue weighted by Gasteiger charge is -2.24. The normalized spacial score (nSPS) is 13.8. The molecule has 0 aliphatic carbocycles. The van der Waals surface area contributed by atoms with Gasteiger partial charge in [-0.2, -0.15) is 13.2 Å². The Morgan fingerprint density at radius 3 is 2.41 bits per heavy atom. The number of alkyl halides is 3. The maximum absolute atomic E-state index is 12.1. The Balaban J connectivity index is 4.28. The topological polar surface area (TPSA) is 49.8 Å². The molecule has 102 valence electrons. The van der Waals surface area contributed by atoms with Gasteiger partial charge in [0, 0.05) is 6.54 Å². The average molecular weight is 257 g/mol. The molecule has 17 heavy (non-hydrogen) atoms. The summed E-state index contributed by atoms with van der Waals surface area (Å²) in [4.78, 5) is 12.4. The van der Waals surface area contributed by atoms with E-state index < -0.39 is 24.8 Å². The van der Waals surface area contributed by atoms with E-state index in [1.807, 2.05) is 0 Å². The van der Waals surface area contributed by atoms with Crippen LogP contribution in [0.2, 0.25) is 0 Å². The van der Waals surface area contributed by atoms with E-state index in [1.54, 1.807) is 13.8 Å². The van der Waals surface area contributed by atoms with Gasteiger partial charge in [-0.25, -0.2) is 0 Å². The predicted molar refractivity (Wildman–Crippen MR) is 55.4 cm³/mol. The van der Waals surface area contributed by atoms with Gasteiger partial charge in [-0.15, -0.1) is 0 Å². The third kappa shape index (κ3) is 7.17. The van der Waals surface area contributed by atoms with Gasteiger partial charge < -0.3 is 9.84 Å². The first-order valence-electron chi connectivity index (χ1n) is 5.44. The molecular weight excluding hydrogens is 239 g/mol. The van der Waals surface area contributed by atoms with Gasteiger partial charge >= 0.3 is 12.1 Å². The van der Waals surface area contributed by atoms with E-state index in [1.165, 1.54) is 4.90 Å². The fourth-order valence-electron chi connectivity index (χ4n) is 1.29. The molecule has 1 atom stereocenters. The van der Waals surface area contributed by atoms with E-state index in [2.05, 4.69) is 4.74 Å². The predicted octanol–water partition coefficient (Wildman–Crippen LogP) is 1.18. The van der Waals surface area contributed by atoms with Crippen molar-refractivity contribution >= 4 is 5.97 Å². The maximum Gasteiger partial charge on any atom is 0.415 e. The summed E-state index contributed by atoms with van der Waals surface area (Å²) < 4.78 is 41.1. The molecule has 1 N–H and O–H groups in total. The molecule has 0 amide bonds. The average Bonchev–Trinajstić information content (AvgIpc) is 2.16. The van der Waals surface area contributed by atoms with Crippen molar-refractivity contribution < 1.29 is 27.8 Å². The minimum absolute atomic E-state index is 0.181. The molecule has 0 saturated heterocycles. The van der Waals surface area contributed by atoms with Crippen molar-refractivity contribution in [3.8, 4) is 0 Å². The summed E-state index contributed by atoms with van der Waals surface area (Å²) in [6, 6.07) is 0. The number of aliphatic hydroxyl groups excluding tert-OH is 1. The highest BCUT2D eigenvalue weighted by molar-refractivity contribution is 5.71. The molecule has 0 fully saturated rings. The third-order valence-corrected chi connectivity index (χ3v) is 2.01. The Labute approximate surface area is 98.3 Å². The van der Waals surface area contributed by atoms with Gasteiger partial charge in [-0.05, 0) is 19.9 Å². The Hall–Kier alpha value is -0.820. The number of hydrogen-bond acceptors (Lipinski definition) is 4. The van der Waals surface area contributed by atoms with Crippen molar-refractivity contribution in [3.63, 3.8) is 0 Å². The van der Waals surface area contributed by atoms with Crippen molar-refractivity contribution in [1.82, 2.24) is 4.90 Å². The molecule has 0 aromatic rings. The summed E-state index contributed by atoms with van der Waals surface area (Å²) in [5.41, 5.74) is 0. The summed E-state index contributed by atoms with van der Waals surface area (Å²) in [6.45, 7) is 3.02. The quantitative estimate of drug-likeness (QED) is 0.696. The van der Waals surface area contributed by atoms with Crippen LogP contribution >= 0.6 is 0 Å². The van der Waals surface area contributed by atoms with Crippen LogP contribution in [0.1, 0.15) is 20.3 Å². The number of ether oxygens (including phenoxy) is 1.